The van der Waals surface area contributed by atoms with E-state index < -0.39 is 0 Å². The molecule has 4 heterocycles. The van der Waals surface area contributed by atoms with Gasteiger partial charge >= 0.3 is 0 Å². The molecule has 0 saturated heterocycles. The Morgan fingerprint density at radius 2 is 1.31 bits per heavy atom. The first kappa shape index (κ1) is 26.9. The van der Waals surface area contributed by atoms with Crippen molar-refractivity contribution in [3.05, 3.63) is 168 Å². The summed E-state index contributed by atoms with van der Waals surface area (Å²) in [6.45, 7) is 0. The lowest BCUT2D eigenvalue weighted by molar-refractivity contribution is 0.669. The molecule has 0 saturated carbocycles. The number of thiophene rings is 1. The van der Waals surface area contributed by atoms with Gasteiger partial charge in [0.2, 0.25) is 0 Å². The normalized spacial score (nSPS) is 14.6. The van der Waals surface area contributed by atoms with Crippen LogP contribution in [-0.4, -0.2) is 10.4 Å². The van der Waals surface area contributed by atoms with E-state index in [0.29, 0.717) is 0 Å². The summed E-state index contributed by atoms with van der Waals surface area (Å²) in [6, 6.07) is 53.9. The molecule has 1 N–H and O–H groups in total. The van der Waals surface area contributed by atoms with Gasteiger partial charge in [-0.25, -0.2) is 0 Å². The number of fused-ring (bicyclic) bond motifs is 11. The van der Waals surface area contributed by atoms with Crippen LogP contribution in [0.2, 0.25) is 0 Å². The van der Waals surface area contributed by atoms with Crippen LogP contribution >= 0.6 is 11.3 Å². The van der Waals surface area contributed by atoms with Gasteiger partial charge in [0.25, 0.3) is 0 Å². The van der Waals surface area contributed by atoms with Gasteiger partial charge in [-0.05, 0) is 66.2 Å². The highest BCUT2D eigenvalue weighted by atomic mass is 32.1. The maximum atomic E-state index is 6.33. The number of aromatic nitrogens is 1. The smallest absolute Gasteiger partial charge is 0.137 e. The first-order valence-corrected chi connectivity index (χ1v) is 17.4. The van der Waals surface area contributed by atoms with Crippen molar-refractivity contribution in [3.8, 4) is 5.69 Å². The molecule has 0 spiro atoms. The Hall–Kier alpha value is -6.17. The summed E-state index contributed by atoms with van der Waals surface area (Å²) in [5.74, 6) is 0.874. The van der Waals surface area contributed by atoms with Crippen molar-refractivity contribution < 1.29 is 4.42 Å². The van der Waals surface area contributed by atoms with Crippen LogP contribution in [0.5, 0.6) is 0 Å². The van der Waals surface area contributed by atoms with Gasteiger partial charge in [0.1, 0.15) is 23.0 Å². The lowest BCUT2D eigenvalue weighted by Gasteiger charge is -2.26. The number of hydrogen-bond acceptors (Lipinski definition) is 4. The fourth-order valence-electron chi connectivity index (χ4n) is 7.88. The largest absolute Gasteiger partial charge is 0.456 e. The lowest BCUT2D eigenvalue weighted by atomic mass is 9.94. The van der Waals surface area contributed by atoms with Gasteiger partial charge in [-0.1, -0.05) is 91.0 Å². The summed E-state index contributed by atoms with van der Waals surface area (Å²) in [5, 5.41) is 11.0. The average molecular weight is 646 g/mol. The molecule has 10 aromatic rings. The average Bonchev–Trinajstić information content (AvgIpc) is 3.84. The Bertz CT molecular complexity index is 2980. The Balaban J connectivity index is 1.08. The van der Waals surface area contributed by atoms with Gasteiger partial charge in [0.15, 0.2) is 0 Å². The van der Waals surface area contributed by atoms with Gasteiger partial charge < -0.3 is 14.3 Å². The van der Waals surface area contributed by atoms with Crippen LogP contribution in [0.15, 0.2) is 161 Å². The number of nitrogens with zero attached hydrogens (tertiary/aromatic N) is 2. The molecular formula is C44H27N3OS. The molecular weight excluding hydrogens is 619 g/mol. The lowest BCUT2D eigenvalue weighted by Crippen LogP contribution is -2.22. The number of furan rings is 1. The van der Waals surface area contributed by atoms with Crippen molar-refractivity contribution in [1.29, 1.82) is 0 Å². The molecule has 1 aliphatic heterocycles. The molecule has 1 unspecified atom stereocenters. The van der Waals surface area contributed by atoms with Crippen molar-refractivity contribution >= 4 is 86.8 Å². The third-order valence-corrected chi connectivity index (χ3v) is 11.3. The van der Waals surface area contributed by atoms with E-state index in [4.69, 9.17) is 9.41 Å². The number of para-hydroxylation sites is 3. The topological polar surface area (TPSA) is 42.5 Å². The van der Waals surface area contributed by atoms with Crippen LogP contribution < -0.4 is 5.32 Å². The molecule has 0 radical (unpaired) electrons. The molecule has 0 fully saturated rings. The van der Waals surface area contributed by atoms with Gasteiger partial charge in [-0.3, -0.25) is 4.99 Å². The summed E-state index contributed by atoms with van der Waals surface area (Å²) >= 11 is 1.86. The van der Waals surface area contributed by atoms with E-state index in [2.05, 4.69) is 149 Å². The predicted molar refractivity (Wildman–Crippen MR) is 206 cm³/mol. The predicted octanol–water partition coefficient (Wildman–Crippen LogP) is 12.0. The van der Waals surface area contributed by atoms with Crippen LogP contribution in [-0.2, 0) is 0 Å². The Morgan fingerprint density at radius 3 is 2.22 bits per heavy atom. The zero-order chi connectivity index (χ0) is 32.1. The molecule has 11 rings (SSSR count). The minimum atomic E-state index is -0.121. The first-order chi connectivity index (χ1) is 24.3. The third-order valence-electron chi connectivity index (χ3n) is 10.1. The van der Waals surface area contributed by atoms with Crippen molar-refractivity contribution in [2.75, 3.05) is 5.32 Å². The molecule has 0 aliphatic carbocycles. The zero-order valence-corrected chi connectivity index (χ0v) is 27.0. The highest BCUT2D eigenvalue weighted by Gasteiger charge is 2.26. The van der Waals surface area contributed by atoms with Crippen molar-refractivity contribution in [1.82, 2.24) is 4.57 Å². The number of amidine groups is 1. The minimum absolute atomic E-state index is 0.121. The standard InChI is InChI=1S/C44H27N3OS/c1-5-16-35-32(12-1)41(34-15-9-14-31-29-11-4-8-19-39(29)49-43(31)34)46-44(45-35)26-20-22-27(23-21-26)47-36-17-6-2-10-28(36)30-24-25-38-40(42(30)47)33-13-3-7-18-37(33)48-38/h1-25,41H,(H,45,46). The van der Waals surface area contributed by atoms with E-state index in [0.717, 1.165) is 50.2 Å². The SMILES string of the molecule is c1ccc2c(c1)NC(c1ccc(-n3c4ccccc4c4ccc5oc6ccccc6c5c43)cc1)=NC2c1cccc2c1sc1ccccc12. The summed E-state index contributed by atoms with van der Waals surface area (Å²) in [5.41, 5.74) is 9.79. The number of benzene rings is 7. The third kappa shape index (κ3) is 3.88. The van der Waals surface area contributed by atoms with Crippen molar-refractivity contribution in [3.63, 3.8) is 0 Å². The second kappa shape index (κ2) is 10.2. The monoisotopic (exact) mass is 645 g/mol. The Morgan fingerprint density at radius 1 is 0.571 bits per heavy atom. The quantitative estimate of drug-likeness (QED) is 0.208. The molecule has 1 aliphatic rings. The Kier molecular flexibility index (Phi) is 5.57. The molecule has 0 bridgehead atoms. The number of aliphatic imine (C=N–C) groups is 1. The molecule has 4 nitrogen and oxygen atoms in total. The van der Waals surface area contributed by atoms with E-state index in [1.807, 2.05) is 23.5 Å². The second-order valence-electron chi connectivity index (χ2n) is 12.7. The van der Waals surface area contributed by atoms with E-state index >= 15 is 0 Å². The molecule has 49 heavy (non-hydrogen) atoms. The fraction of sp³-hybridized carbons (Fsp3) is 0.0227. The summed E-state index contributed by atoms with van der Waals surface area (Å²) < 4.78 is 11.3. The minimum Gasteiger partial charge on any atom is -0.456 e. The van der Waals surface area contributed by atoms with Gasteiger partial charge in [-0.2, -0.15) is 0 Å². The highest BCUT2D eigenvalue weighted by Crippen LogP contribution is 2.44. The molecule has 5 heteroatoms. The van der Waals surface area contributed by atoms with Gasteiger partial charge in [0.05, 0.1) is 16.4 Å². The molecule has 7 aromatic carbocycles. The molecule has 230 valence electrons. The van der Waals surface area contributed by atoms with Crippen LogP contribution in [0.3, 0.4) is 0 Å². The summed E-state index contributed by atoms with van der Waals surface area (Å²) in [4.78, 5) is 5.44. The number of rotatable bonds is 3. The maximum absolute atomic E-state index is 6.33. The first-order valence-electron chi connectivity index (χ1n) is 16.6. The summed E-state index contributed by atoms with van der Waals surface area (Å²) in [6.07, 6.45) is 0. The van der Waals surface area contributed by atoms with Crippen LogP contribution in [0.4, 0.5) is 5.69 Å². The number of nitrogens with one attached hydrogen (secondary N) is 1. The van der Waals surface area contributed by atoms with Crippen molar-refractivity contribution in [2.45, 2.75) is 6.04 Å². The van der Waals surface area contributed by atoms with E-state index in [-0.39, 0.29) is 6.04 Å². The zero-order valence-electron chi connectivity index (χ0n) is 26.2. The summed E-state index contributed by atoms with van der Waals surface area (Å²) in [7, 11) is 0. The van der Waals surface area contributed by atoms with Crippen LogP contribution in [0.1, 0.15) is 22.7 Å². The Labute approximate surface area is 285 Å². The van der Waals surface area contributed by atoms with Crippen LogP contribution in [0.25, 0.3) is 69.6 Å². The van der Waals surface area contributed by atoms with Gasteiger partial charge in [0, 0.05) is 58.8 Å². The number of anilines is 1. The van der Waals surface area contributed by atoms with E-state index in [1.165, 1.54) is 47.6 Å². The van der Waals surface area contributed by atoms with E-state index in [1.54, 1.807) is 0 Å². The highest BCUT2D eigenvalue weighted by molar-refractivity contribution is 7.26. The number of hydrogen-bond donors (Lipinski definition) is 1. The molecule has 1 atom stereocenters. The maximum Gasteiger partial charge on any atom is 0.137 e. The molecule has 3 aromatic heterocycles. The van der Waals surface area contributed by atoms with Crippen LogP contribution in [0, 0.1) is 0 Å². The van der Waals surface area contributed by atoms with E-state index in [9.17, 15) is 0 Å². The van der Waals surface area contributed by atoms with Crippen molar-refractivity contribution in [2.24, 2.45) is 4.99 Å². The fourth-order valence-corrected chi connectivity index (χ4v) is 9.12. The second-order valence-corrected chi connectivity index (χ2v) is 13.8. The van der Waals surface area contributed by atoms with Gasteiger partial charge in [-0.15, -0.1) is 11.3 Å². The molecule has 0 amide bonds.